The third-order valence-electron chi connectivity index (χ3n) is 6.66. The quantitative estimate of drug-likeness (QED) is 0.428. The summed E-state index contributed by atoms with van der Waals surface area (Å²) in [5.74, 6) is -1.03. The van der Waals surface area contributed by atoms with E-state index in [-0.39, 0.29) is 26.7 Å². The molecule has 1 fully saturated rings. The highest BCUT2D eigenvalue weighted by atomic mass is 32.2. The molecule has 0 radical (unpaired) electrons. The third kappa shape index (κ3) is 4.42. The van der Waals surface area contributed by atoms with Gasteiger partial charge < -0.3 is 9.08 Å². The zero-order chi connectivity index (χ0) is 27.6. The van der Waals surface area contributed by atoms with Crippen LogP contribution in [-0.2, 0) is 27.5 Å². The van der Waals surface area contributed by atoms with Crippen molar-refractivity contribution in [2.24, 2.45) is 0 Å². The summed E-state index contributed by atoms with van der Waals surface area (Å²) >= 11 is -3.54. The van der Waals surface area contributed by atoms with Crippen LogP contribution in [0, 0.1) is 0 Å². The summed E-state index contributed by atoms with van der Waals surface area (Å²) < 4.78 is 117. The highest BCUT2D eigenvalue weighted by molar-refractivity contribution is 7.90. The molecule has 3 aromatic rings. The summed E-state index contributed by atoms with van der Waals surface area (Å²) in [6.45, 7) is 0.313. The number of fused-ring (bicyclic) bond motifs is 4. The van der Waals surface area contributed by atoms with E-state index in [1.54, 1.807) is 6.07 Å². The van der Waals surface area contributed by atoms with Gasteiger partial charge in [0.25, 0.3) is 5.91 Å². The maximum atomic E-state index is 13.5. The van der Waals surface area contributed by atoms with E-state index < -0.39 is 49.6 Å². The number of carbonyl (C=O) groups is 1. The van der Waals surface area contributed by atoms with Gasteiger partial charge in [0.15, 0.2) is 0 Å². The lowest BCUT2D eigenvalue weighted by Gasteiger charge is -2.38. The second kappa shape index (κ2) is 8.97. The fourth-order valence-corrected chi connectivity index (χ4v) is 6.20. The molecular formula is C22H17F6N3O5S2. The summed E-state index contributed by atoms with van der Waals surface area (Å²) in [5, 5.41) is 0. The smallest absolute Gasteiger partial charge is 0.394 e. The number of aromatic nitrogens is 2. The number of piperidine rings is 1. The molecule has 38 heavy (non-hydrogen) atoms. The number of rotatable bonds is 4. The lowest BCUT2D eigenvalue weighted by molar-refractivity contribution is -0.0448. The van der Waals surface area contributed by atoms with Gasteiger partial charge in [-0.2, -0.15) is 34.8 Å². The molecule has 2 aromatic carbocycles. The molecule has 2 heterocycles. The number of carbonyl (C=O) groups excluding carboxylic acids is 1. The third-order valence-corrected chi connectivity index (χ3v) is 8.78. The average Bonchev–Trinajstić information content (AvgIpc) is 3.43. The van der Waals surface area contributed by atoms with Gasteiger partial charge >= 0.3 is 32.1 Å². The second-order valence-corrected chi connectivity index (χ2v) is 11.7. The lowest BCUT2D eigenvalue weighted by Crippen LogP contribution is -2.46. The largest absolute Gasteiger partial charge is 0.517 e. The fraction of sp³-hybridized carbons (Fsp3) is 0.364. The Bertz CT molecular complexity index is 1570. The number of nitrogens with zero attached hydrogens (tertiary/aromatic N) is 3. The van der Waals surface area contributed by atoms with E-state index in [0.29, 0.717) is 37.7 Å². The monoisotopic (exact) mass is 581 g/mol. The molecule has 3 atom stereocenters. The number of amides is 1. The Balaban J connectivity index is 1.43. The fourth-order valence-electron chi connectivity index (χ4n) is 5.03. The minimum atomic E-state index is -5.77. The van der Waals surface area contributed by atoms with E-state index in [0.717, 1.165) is 11.6 Å². The van der Waals surface area contributed by atoms with Gasteiger partial charge in [-0.3, -0.25) is 4.79 Å². The van der Waals surface area contributed by atoms with Gasteiger partial charge in [0.1, 0.15) is 12.1 Å². The summed E-state index contributed by atoms with van der Waals surface area (Å²) in [5.41, 5.74) is -9.70. The standard InChI is InChI=1S/C22H17F6N3O5S2/c23-21(24,25)37(33)36-14-5-3-12-8-18-15(16(12)10-14)2-1-7-30(18)20(32)13-4-6-17-19(9-13)31(11-29-17)38(34,35)22(26,27)28/h3-6,9-11,15,18H,1-2,7-8H2/t15?,18-,37?/m0/s1. The number of imidazole rings is 1. The Labute approximate surface area is 213 Å². The van der Waals surface area contributed by atoms with Crippen molar-refractivity contribution in [3.05, 3.63) is 59.4 Å². The van der Waals surface area contributed by atoms with Crippen molar-refractivity contribution in [3.63, 3.8) is 0 Å². The molecule has 2 aliphatic rings. The molecule has 0 saturated carbocycles. The zero-order valence-corrected chi connectivity index (χ0v) is 20.6. The maximum absolute atomic E-state index is 13.5. The summed E-state index contributed by atoms with van der Waals surface area (Å²) in [6, 6.07) is 7.43. The molecule has 0 N–H and O–H groups in total. The van der Waals surface area contributed by atoms with Crippen molar-refractivity contribution in [1.29, 1.82) is 0 Å². The van der Waals surface area contributed by atoms with E-state index in [9.17, 15) is 43.8 Å². The first kappa shape index (κ1) is 26.5. The molecule has 204 valence electrons. The van der Waals surface area contributed by atoms with Crippen LogP contribution in [0.5, 0.6) is 5.75 Å². The molecule has 0 bridgehead atoms. The van der Waals surface area contributed by atoms with Crippen LogP contribution in [0.25, 0.3) is 11.0 Å². The highest BCUT2D eigenvalue weighted by Gasteiger charge is 2.48. The van der Waals surface area contributed by atoms with Gasteiger partial charge in [-0.1, -0.05) is 6.07 Å². The molecule has 1 aliphatic heterocycles. The Morgan fingerprint density at radius 2 is 1.82 bits per heavy atom. The summed E-state index contributed by atoms with van der Waals surface area (Å²) in [6.07, 6.45) is 2.05. The van der Waals surface area contributed by atoms with Crippen molar-refractivity contribution in [2.75, 3.05) is 6.54 Å². The van der Waals surface area contributed by atoms with Crippen LogP contribution in [-0.4, -0.2) is 56.0 Å². The zero-order valence-electron chi connectivity index (χ0n) is 19.0. The minimum Gasteiger partial charge on any atom is -0.394 e. The van der Waals surface area contributed by atoms with E-state index in [4.69, 9.17) is 0 Å². The van der Waals surface area contributed by atoms with E-state index in [2.05, 4.69) is 9.17 Å². The van der Waals surface area contributed by atoms with Crippen molar-refractivity contribution >= 4 is 38.0 Å². The van der Waals surface area contributed by atoms with Crippen molar-refractivity contribution < 1.29 is 47.9 Å². The van der Waals surface area contributed by atoms with E-state index in [1.165, 1.54) is 29.2 Å². The summed E-state index contributed by atoms with van der Waals surface area (Å²) in [7, 11) is -5.77. The number of benzene rings is 2. The van der Waals surface area contributed by atoms with Gasteiger partial charge in [0, 0.05) is 24.1 Å². The van der Waals surface area contributed by atoms with Gasteiger partial charge in [-0.05, 0) is 60.7 Å². The summed E-state index contributed by atoms with van der Waals surface area (Å²) in [4.78, 5) is 18.7. The molecule has 1 aliphatic carbocycles. The van der Waals surface area contributed by atoms with Gasteiger partial charge in [0.2, 0.25) is 0 Å². The van der Waals surface area contributed by atoms with E-state index >= 15 is 0 Å². The average molecular weight is 582 g/mol. The minimum absolute atomic E-state index is 0.0179. The van der Waals surface area contributed by atoms with Crippen LogP contribution in [0.3, 0.4) is 0 Å². The Morgan fingerprint density at radius 1 is 1.08 bits per heavy atom. The van der Waals surface area contributed by atoms with Gasteiger partial charge in [0.05, 0.1) is 11.0 Å². The van der Waals surface area contributed by atoms with Crippen molar-refractivity contribution in [3.8, 4) is 5.75 Å². The SMILES string of the molecule is O=C(c1ccc2ncn(S(=O)(=O)C(F)(F)F)c2c1)N1CCCC2c3cc(OS(=O)C(F)(F)F)ccc3C[C@@H]21. The maximum Gasteiger partial charge on any atom is 0.517 e. The van der Waals surface area contributed by atoms with Crippen molar-refractivity contribution in [1.82, 2.24) is 13.9 Å². The second-order valence-electron chi connectivity index (χ2n) is 8.84. The lowest BCUT2D eigenvalue weighted by atomic mass is 9.88. The molecule has 5 rings (SSSR count). The first-order valence-corrected chi connectivity index (χ1v) is 13.6. The Morgan fingerprint density at radius 3 is 2.50 bits per heavy atom. The van der Waals surface area contributed by atoms with Crippen molar-refractivity contribution in [2.45, 2.75) is 42.2 Å². The molecule has 1 aromatic heterocycles. The first-order valence-electron chi connectivity index (χ1n) is 11.1. The number of likely N-dealkylation sites (tertiary alicyclic amines) is 1. The van der Waals surface area contributed by atoms with Gasteiger partial charge in [-0.25, -0.2) is 13.2 Å². The molecule has 0 spiro atoms. The number of halogens is 6. The van der Waals surface area contributed by atoms with Crippen LogP contribution in [0.4, 0.5) is 26.3 Å². The first-order chi connectivity index (χ1) is 17.7. The molecule has 1 saturated heterocycles. The molecule has 16 heteroatoms. The van der Waals surface area contributed by atoms with Crippen LogP contribution in [0.15, 0.2) is 42.7 Å². The van der Waals surface area contributed by atoms with E-state index in [1.807, 2.05) is 0 Å². The van der Waals surface area contributed by atoms with Crippen LogP contribution < -0.4 is 4.18 Å². The number of alkyl halides is 6. The Kier molecular flexibility index (Phi) is 6.24. The molecule has 2 unspecified atom stereocenters. The number of hydrogen-bond acceptors (Lipinski definition) is 6. The van der Waals surface area contributed by atoms with Crippen LogP contribution in [0.2, 0.25) is 0 Å². The van der Waals surface area contributed by atoms with Crippen LogP contribution >= 0.6 is 0 Å². The molecular weight excluding hydrogens is 564 g/mol. The molecule has 1 amide bonds. The predicted octanol–water partition coefficient (Wildman–Crippen LogP) is 4.24. The Hall–Kier alpha value is -3.14. The molecule has 8 nitrogen and oxygen atoms in total. The van der Waals surface area contributed by atoms with Gasteiger partial charge in [-0.15, -0.1) is 0 Å². The topological polar surface area (TPSA) is 98.6 Å². The number of hydrogen-bond donors (Lipinski definition) is 0. The van der Waals surface area contributed by atoms with Crippen LogP contribution in [0.1, 0.15) is 40.2 Å². The predicted molar refractivity (Wildman–Crippen MR) is 122 cm³/mol. The highest BCUT2D eigenvalue weighted by Crippen LogP contribution is 2.44. The normalized spacial score (nSPS) is 20.7.